The van der Waals surface area contributed by atoms with Crippen molar-refractivity contribution in [2.75, 3.05) is 11.9 Å². The number of carbonyl (C=O) groups excluding carboxylic acids is 1. The first-order chi connectivity index (χ1) is 10.8. The van der Waals surface area contributed by atoms with Crippen LogP contribution in [0.1, 0.15) is 11.1 Å². The summed E-state index contributed by atoms with van der Waals surface area (Å²) in [5.74, 6) is -0.421. The topological polar surface area (TPSA) is 75.3 Å². The molecule has 0 atom stereocenters. The van der Waals surface area contributed by atoms with E-state index < -0.39 is 15.9 Å². The molecule has 1 amide bonds. The summed E-state index contributed by atoms with van der Waals surface area (Å²) in [6.07, 6.45) is 0. The fourth-order valence-electron chi connectivity index (χ4n) is 2.11. The summed E-state index contributed by atoms with van der Waals surface area (Å²) in [6, 6.07) is 11.8. The highest BCUT2D eigenvalue weighted by molar-refractivity contribution is 9.10. The third-order valence-electron chi connectivity index (χ3n) is 3.05. The first-order valence-electron chi connectivity index (χ1n) is 6.90. The van der Waals surface area contributed by atoms with Crippen LogP contribution < -0.4 is 10.0 Å². The van der Waals surface area contributed by atoms with Crippen molar-refractivity contribution in [3.05, 3.63) is 58.1 Å². The SMILES string of the molecule is Cc1cc(C)cc(NC(=O)CNS(=O)(=O)c2ccc(Br)cc2)c1. The van der Waals surface area contributed by atoms with E-state index in [2.05, 4.69) is 26.0 Å². The van der Waals surface area contributed by atoms with Gasteiger partial charge in [0.1, 0.15) is 0 Å². The second kappa shape index (κ2) is 7.25. The zero-order valence-corrected chi connectivity index (χ0v) is 15.2. The van der Waals surface area contributed by atoms with Gasteiger partial charge < -0.3 is 5.32 Å². The molecule has 23 heavy (non-hydrogen) atoms. The van der Waals surface area contributed by atoms with E-state index in [9.17, 15) is 13.2 Å². The lowest BCUT2D eigenvalue weighted by Crippen LogP contribution is -2.32. The first-order valence-corrected chi connectivity index (χ1v) is 9.17. The van der Waals surface area contributed by atoms with Crippen molar-refractivity contribution < 1.29 is 13.2 Å². The maximum atomic E-state index is 12.1. The number of aryl methyl sites for hydroxylation is 2. The predicted octanol–water partition coefficient (Wildman–Crippen LogP) is 2.98. The average molecular weight is 397 g/mol. The zero-order valence-electron chi connectivity index (χ0n) is 12.8. The minimum absolute atomic E-state index is 0.111. The highest BCUT2D eigenvalue weighted by Crippen LogP contribution is 2.15. The maximum Gasteiger partial charge on any atom is 0.241 e. The Labute approximate surface area is 144 Å². The molecule has 0 aliphatic heterocycles. The predicted molar refractivity (Wildman–Crippen MR) is 93.9 cm³/mol. The number of amides is 1. The van der Waals surface area contributed by atoms with Crippen LogP contribution >= 0.6 is 15.9 Å². The number of nitrogens with one attached hydrogen (secondary N) is 2. The Bertz CT molecular complexity index is 797. The van der Waals surface area contributed by atoms with Crippen LogP contribution in [0.2, 0.25) is 0 Å². The molecule has 2 rings (SSSR count). The molecule has 0 saturated carbocycles. The average Bonchev–Trinajstić information content (AvgIpc) is 2.44. The van der Waals surface area contributed by atoms with Crippen molar-refractivity contribution >= 4 is 37.5 Å². The van der Waals surface area contributed by atoms with Crippen LogP contribution in [0.3, 0.4) is 0 Å². The summed E-state index contributed by atoms with van der Waals surface area (Å²) in [7, 11) is -3.71. The van der Waals surface area contributed by atoms with Gasteiger partial charge in [-0.05, 0) is 61.4 Å². The summed E-state index contributed by atoms with van der Waals surface area (Å²) in [5, 5.41) is 2.68. The number of benzene rings is 2. The van der Waals surface area contributed by atoms with E-state index in [4.69, 9.17) is 0 Å². The molecule has 0 aliphatic carbocycles. The van der Waals surface area contributed by atoms with Gasteiger partial charge in [-0.25, -0.2) is 13.1 Å². The highest BCUT2D eigenvalue weighted by atomic mass is 79.9. The van der Waals surface area contributed by atoms with Crippen LogP contribution in [0.5, 0.6) is 0 Å². The summed E-state index contributed by atoms with van der Waals surface area (Å²) in [5.41, 5.74) is 2.70. The van der Waals surface area contributed by atoms with Crippen LogP contribution in [-0.2, 0) is 14.8 Å². The lowest BCUT2D eigenvalue weighted by molar-refractivity contribution is -0.115. The summed E-state index contributed by atoms with van der Waals surface area (Å²) >= 11 is 3.24. The fraction of sp³-hybridized carbons (Fsp3) is 0.188. The largest absolute Gasteiger partial charge is 0.325 e. The highest BCUT2D eigenvalue weighted by Gasteiger charge is 2.15. The van der Waals surface area contributed by atoms with Crippen LogP contribution in [0.4, 0.5) is 5.69 Å². The molecule has 0 unspecified atom stereocenters. The Hall–Kier alpha value is -1.70. The Balaban J connectivity index is 1.99. The van der Waals surface area contributed by atoms with E-state index in [1.165, 1.54) is 12.1 Å². The quantitative estimate of drug-likeness (QED) is 0.815. The van der Waals surface area contributed by atoms with E-state index in [0.29, 0.717) is 5.69 Å². The second-order valence-corrected chi connectivity index (χ2v) is 7.89. The number of sulfonamides is 1. The monoisotopic (exact) mass is 396 g/mol. The van der Waals surface area contributed by atoms with Gasteiger partial charge in [0.2, 0.25) is 15.9 Å². The Morgan fingerprint density at radius 3 is 2.17 bits per heavy atom. The van der Waals surface area contributed by atoms with E-state index in [1.807, 2.05) is 32.0 Å². The van der Waals surface area contributed by atoms with Crippen molar-refractivity contribution in [3.63, 3.8) is 0 Å². The van der Waals surface area contributed by atoms with Crippen LogP contribution in [0.15, 0.2) is 51.8 Å². The second-order valence-electron chi connectivity index (χ2n) is 5.20. The van der Waals surface area contributed by atoms with Crippen LogP contribution in [0, 0.1) is 13.8 Å². The summed E-state index contributed by atoms with van der Waals surface area (Å²) < 4.78 is 27.3. The van der Waals surface area contributed by atoms with Crippen molar-refractivity contribution in [2.24, 2.45) is 0 Å². The van der Waals surface area contributed by atoms with Crippen molar-refractivity contribution in [3.8, 4) is 0 Å². The minimum atomic E-state index is -3.71. The van der Waals surface area contributed by atoms with Gasteiger partial charge >= 0.3 is 0 Å². The molecule has 2 N–H and O–H groups in total. The van der Waals surface area contributed by atoms with Gasteiger partial charge in [0.25, 0.3) is 0 Å². The normalized spacial score (nSPS) is 11.3. The van der Waals surface area contributed by atoms with Gasteiger partial charge in [-0.15, -0.1) is 0 Å². The van der Waals surface area contributed by atoms with E-state index in [-0.39, 0.29) is 11.4 Å². The molecule has 0 spiro atoms. The summed E-state index contributed by atoms with van der Waals surface area (Å²) in [6.45, 7) is 3.53. The van der Waals surface area contributed by atoms with Gasteiger partial charge in [0, 0.05) is 10.2 Å². The molecule has 2 aromatic carbocycles. The van der Waals surface area contributed by atoms with Crippen molar-refractivity contribution in [2.45, 2.75) is 18.7 Å². The van der Waals surface area contributed by atoms with E-state index in [0.717, 1.165) is 15.6 Å². The Kier molecular flexibility index (Phi) is 5.56. The lowest BCUT2D eigenvalue weighted by Gasteiger charge is -2.09. The fourth-order valence-corrected chi connectivity index (χ4v) is 3.36. The Morgan fingerprint density at radius 1 is 1.04 bits per heavy atom. The molecule has 0 aliphatic rings. The molecule has 0 fully saturated rings. The molecule has 7 heteroatoms. The van der Waals surface area contributed by atoms with Crippen molar-refractivity contribution in [1.29, 1.82) is 0 Å². The molecular weight excluding hydrogens is 380 g/mol. The molecule has 0 bridgehead atoms. The smallest absolute Gasteiger partial charge is 0.241 e. The van der Waals surface area contributed by atoms with Gasteiger partial charge in [0.15, 0.2) is 0 Å². The third kappa shape index (κ3) is 5.16. The van der Waals surface area contributed by atoms with Crippen molar-refractivity contribution in [1.82, 2.24) is 4.72 Å². The molecule has 0 saturated heterocycles. The molecule has 0 aromatic heterocycles. The van der Waals surface area contributed by atoms with Crippen LogP contribution in [-0.4, -0.2) is 20.9 Å². The number of anilines is 1. The minimum Gasteiger partial charge on any atom is -0.325 e. The van der Waals surface area contributed by atoms with Gasteiger partial charge in [-0.3, -0.25) is 4.79 Å². The molecule has 0 heterocycles. The van der Waals surface area contributed by atoms with Gasteiger partial charge in [-0.2, -0.15) is 0 Å². The first kappa shape index (κ1) is 17.7. The standard InChI is InChI=1S/C16H17BrN2O3S/c1-11-7-12(2)9-14(8-11)19-16(20)10-18-23(21,22)15-5-3-13(17)4-6-15/h3-9,18H,10H2,1-2H3,(H,19,20). The van der Waals surface area contributed by atoms with E-state index in [1.54, 1.807) is 12.1 Å². The number of carbonyl (C=O) groups is 1. The number of hydrogen-bond acceptors (Lipinski definition) is 3. The zero-order chi connectivity index (χ0) is 17.0. The number of halogens is 1. The Morgan fingerprint density at radius 2 is 1.61 bits per heavy atom. The molecular formula is C16H17BrN2O3S. The maximum absolute atomic E-state index is 12.1. The van der Waals surface area contributed by atoms with Gasteiger partial charge in [0.05, 0.1) is 11.4 Å². The van der Waals surface area contributed by atoms with Gasteiger partial charge in [-0.1, -0.05) is 22.0 Å². The summed E-state index contributed by atoms with van der Waals surface area (Å²) in [4.78, 5) is 12.0. The van der Waals surface area contributed by atoms with E-state index >= 15 is 0 Å². The molecule has 122 valence electrons. The van der Waals surface area contributed by atoms with Crippen LogP contribution in [0.25, 0.3) is 0 Å². The molecule has 2 aromatic rings. The molecule has 0 radical (unpaired) electrons. The molecule has 5 nitrogen and oxygen atoms in total. The third-order valence-corrected chi connectivity index (χ3v) is 5.00. The lowest BCUT2D eigenvalue weighted by atomic mass is 10.1. The number of hydrogen-bond donors (Lipinski definition) is 2. The number of rotatable bonds is 5.